The summed E-state index contributed by atoms with van der Waals surface area (Å²) in [4.78, 5) is 27.2. The zero-order valence-electron chi connectivity index (χ0n) is 15.7. The Hall–Kier alpha value is -3.22. The molecule has 4 rings (SSSR count). The quantitative estimate of drug-likeness (QED) is 0.571. The number of carbonyl (C=O) groups excluding carboxylic acids is 2. The Morgan fingerprint density at radius 3 is 2.45 bits per heavy atom. The number of aromatic amines is 1. The number of H-pyrrole nitrogens is 1. The molecule has 0 bridgehead atoms. The number of halogens is 2. The van der Waals surface area contributed by atoms with E-state index in [0.717, 1.165) is 35.2 Å². The maximum atomic E-state index is 13.8. The average Bonchev–Trinajstić information content (AvgIpc) is 3.44. The lowest BCUT2D eigenvalue weighted by Gasteiger charge is -2.08. The number of fused-ring (bicyclic) bond motifs is 1. The molecule has 0 spiro atoms. The van der Waals surface area contributed by atoms with Crippen LogP contribution in [0.1, 0.15) is 24.8 Å². The number of carbonyl (C=O) groups is 2. The zero-order chi connectivity index (χ0) is 20.4. The summed E-state index contributed by atoms with van der Waals surface area (Å²) < 4.78 is 27.1. The molecule has 5 nitrogen and oxygen atoms in total. The molecular weight excluding hydrogens is 376 g/mol. The Morgan fingerprint density at radius 2 is 1.72 bits per heavy atom. The molecule has 1 saturated carbocycles. The van der Waals surface area contributed by atoms with E-state index in [9.17, 15) is 18.4 Å². The fourth-order valence-corrected chi connectivity index (χ4v) is 3.35. The van der Waals surface area contributed by atoms with Crippen LogP contribution in [0, 0.1) is 11.6 Å². The molecule has 1 aliphatic carbocycles. The monoisotopic (exact) mass is 397 g/mol. The summed E-state index contributed by atoms with van der Waals surface area (Å²) in [7, 11) is 0. The maximum Gasteiger partial charge on any atom is 0.239 e. The van der Waals surface area contributed by atoms with E-state index in [1.54, 1.807) is 18.2 Å². The molecule has 1 fully saturated rings. The van der Waals surface area contributed by atoms with E-state index >= 15 is 0 Å². The third-order valence-electron chi connectivity index (χ3n) is 4.99. The minimum atomic E-state index is -0.371. The Morgan fingerprint density at radius 1 is 1.00 bits per heavy atom. The molecular formula is C22H21F2N3O2. The summed E-state index contributed by atoms with van der Waals surface area (Å²) >= 11 is 0. The van der Waals surface area contributed by atoms with Crippen molar-refractivity contribution in [3.63, 3.8) is 0 Å². The summed E-state index contributed by atoms with van der Waals surface area (Å²) in [6.07, 6.45) is 2.48. The highest BCUT2D eigenvalue weighted by Crippen LogP contribution is 2.32. The summed E-state index contributed by atoms with van der Waals surface area (Å²) in [6, 6.07) is 10.7. The SMILES string of the molecule is O=C(CCc1c(-c2ccc(F)cc2)[nH]c2ccc(F)cc12)NCC(=O)NC1CC1. The Balaban J connectivity index is 1.51. The van der Waals surface area contributed by atoms with Crippen LogP contribution in [0.5, 0.6) is 0 Å². The van der Waals surface area contributed by atoms with Crippen molar-refractivity contribution in [1.29, 1.82) is 0 Å². The lowest BCUT2D eigenvalue weighted by molar-refractivity contribution is -0.126. The lowest BCUT2D eigenvalue weighted by atomic mass is 10.0. The number of hydrogen-bond donors (Lipinski definition) is 3. The fraction of sp³-hybridized carbons (Fsp3) is 0.273. The van der Waals surface area contributed by atoms with Gasteiger partial charge in [-0.1, -0.05) is 0 Å². The molecule has 1 aromatic heterocycles. The Kier molecular flexibility index (Phi) is 5.29. The van der Waals surface area contributed by atoms with Crippen molar-refractivity contribution in [2.45, 2.75) is 31.7 Å². The van der Waals surface area contributed by atoms with Crippen molar-refractivity contribution in [3.8, 4) is 11.3 Å². The minimum Gasteiger partial charge on any atom is -0.354 e. The van der Waals surface area contributed by atoms with Gasteiger partial charge in [0.15, 0.2) is 0 Å². The van der Waals surface area contributed by atoms with Crippen LogP contribution in [0.4, 0.5) is 8.78 Å². The first kappa shape index (κ1) is 19.1. The van der Waals surface area contributed by atoms with Gasteiger partial charge in [-0.3, -0.25) is 9.59 Å². The minimum absolute atomic E-state index is 0.0529. The van der Waals surface area contributed by atoms with Gasteiger partial charge in [0.05, 0.1) is 6.54 Å². The topological polar surface area (TPSA) is 74.0 Å². The van der Waals surface area contributed by atoms with Gasteiger partial charge in [0.2, 0.25) is 11.8 Å². The molecule has 1 heterocycles. The Labute approximate surface area is 166 Å². The van der Waals surface area contributed by atoms with Crippen LogP contribution in [0.3, 0.4) is 0 Å². The van der Waals surface area contributed by atoms with Crippen LogP contribution in [0.25, 0.3) is 22.2 Å². The van der Waals surface area contributed by atoms with Gasteiger partial charge in [0, 0.05) is 29.1 Å². The number of hydrogen-bond acceptors (Lipinski definition) is 2. The first-order chi connectivity index (χ1) is 14.0. The van der Waals surface area contributed by atoms with E-state index in [1.165, 1.54) is 24.3 Å². The number of aryl methyl sites for hydroxylation is 1. The van der Waals surface area contributed by atoms with Gasteiger partial charge in [-0.05, 0) is 72.9 Å². The largest absolute Gasteiger partial charge is 0.354 e. The van der Waals surface area contributed by atoms with E-state index in [2.05, 4.69) is 15.6 Å². The van der Waals surface area contributed by atoms with E-state index in [-0.39, 0.29) is 42.5 Å². The summed E-state index contributed by atoms with van der Waals surface area (Å²) in [5.74, 6) is -1.17. The molecule has 150 valence electrons. The van der Waals surface area contributed by atoms with Crippen molar-refractivity contribution in [2.75, 3.05) is 6.54 Å². The highest BCUT2D eigenvalue weighted by Gasteiger charge is 2.23. The van der Waals surface area contributed by atoms with Crippen LogP contribution < -0.4 is 10.6 Å². The first-order valence-electron chi connectivity index (χ1n) is 9.61. The molecule has 0 aliphatic heterocycles. The van der Waals surface area contributed by atoms with Gasteiger partial charge in [0.1, 0.15) is 11.6 Å². The predicted molar refractivity (Wildman–Crippen MR) is 106 cm³/mol. The highest BCUT2D eigenvalue weighted by atomic mass is 19.1. The van der Waals surface area contributed by atoms with Gasteiger partial charge in [-0.25, -0.2) is 8.78 Å². The molecule has 0 radical (unpaired) electrons. The van der Waals surface area contributed by atoms with Crippen LogP contribution in [-0.2, 0) is 16.0 Å². The highest BCUT2D eigenvalue weighted by molar-refractivity contribution is 5.92. The second kappa shape index (κ2) is 8.03. The maximum absolute atomic E-state index is 13.8. The van der Waals surface area contributed by atoms with Crippen molar-refractivity contribution >= 4 is 22.7 Å². The number of rotatable bonds is 7. The molecule has 29 heavy (non-hydrogen) atoms. The van der Waals surface area contributed by atoms with E-state index in [0.29, 0.717) is 11.8 Å². The van der Waals surface area contributed by atoms with E-state index in [4.69, 9.17) is 0 Å². The second-order valence-electron chi connectivity index (χ2n) is 7.29. The van der Waals surface area contributed by atoms with Gasteiger partial charge in [-0.2, -0.15) is 0 Å². The third-order valence-corrected chi connectivity index (χ3v) is 4.99. The Bertz CT molecular complexity index is 1060. The number of aromatic nitrogens is 1. The van der Waals surface area contributed by atoms with Gasteiger partial charge in [0.25, 0.3) is 0 Å². The van der Waals surface area contributed by atoms with Crippen molar-refractivity contribution in [1.82, 2.24) is 15.6 Å². The molecule has 0 atom stereocenters. The number of nitrogens with one attached hydrogen (secondary N) is 3. The van der Waals surface area contributed by atoms with Crippen LogP contribution >= 0.6 is 0 Å². The molecule has 1 aliphatic rings. The van der Waals surface area contributed by atoms with E-state index < -0.39 is 0 Å². The molecule has 2 amide bonds. The summed E-state index contributed by atoms with van der Waals surface area (Å²) in [5, 5.41) is 6.12. The molecule has 2 aromatic carbocycles. The fourth-order valence-electron chi connectivity index (χ4n) is 3.35. The molecule has 0 unspecified atom stereocenters. The molecule has 7 heteroatoms. The molecule has 0 saturated heterocycles. The second-order valence-corrected chi connectivity index (χ2v) is 7.29. The van der Waals surface area contributed by atoms with Gasteiger partial charge in [-0.15, -0.1) is 0 Å². The predicted octanol–water partition coefficient (Wildman–Crippen LogP) is 3.44. The summed E-state index contributed by atoms with van der Waals surface area (Å²) in [5.41, 5.74) is 3.00. The number of benzene rings is 2. The first-order valence-corrected chi connectivity index (χ1v) is 9.61. The molecule has 3 aromatic rings. The van der Waals surface area contributed by atoms with Crippen molar-refractivity contribution in [3.05, 3.63) is 59.7 Å². The molecule has 3 N–H and O–H groups in total. The van der Waals surface area contributed by atoms with E-state index in [1.807, 2.05) is 0 Å². The average molecular weight is 397 g/mol. The number of amides is 2. The van der Waals surface area contributed by atoms with Crippen molar-refractivity contribution < 1.29 is 18.4 Å². The lowest BCUT2D eigenvalue weighted by Crippen LogP contribution is -2.37. The van der Waals surface area contributed by atoms with Crippen LogP contribution in [0.15, 0.2) is 42.5 Å². The van der Waals surface area contributed by atoms with Gasteiger partial charge < -0.3 is 15.6 Å². The third kappa shape index (κ3) is 4.62. The van der Waals surface area contributed by atoms with Crippen molar-refractivity contribution in [2.24, 2.45) is 0 Å². The zero-order valence-corrected chi connectivity index (χ0v) is 15.7. The van der Waals surface area contributed by atoms with Crippen LogP contribution in [0.2, 0.25) is 0 Å². The summed E-state index contributed by atoms with van der Waals surface area (Å²) in [6.45, 7) is -0.0529. The normalized spacial score (nSPS) is 13.4. The standard InChI is InChI=1S/C22H21F2N3O2/c23-14-3-1-13(2-4-14)22-17(18-11-15(24)5-9-19(18)27-22)8-10-20(28)25-12-21(29)26-16-6-7-16/h1-5,9,11,16,27H,6-8,10,12H2,(H,25,28)(H,26,29). The smallest absolute Gasteiger partial charge is 0.239 e. The van der Waals surface area contributed by atoms with Crippen LogP contribution in [-0.4, -0.2) is 29.4 Å². The van der Waals surface area contributed by atoms with Gasteiger partial charge >= 0.3 is 0 Å².